The summed E-state index contributed by atoms with van der Waals surface area (Å²) in [6.07, 6.45) is -8.72. The zero-order valence-corrected chi connectivity index (χ0v) is 20.2. The lowest BCUT2D eigenvalue weighted by atomic mass is 9.89. The summed E-state index contributed by atoms with van der Waals surface area (Å²) < 4.78 is 104. The molecule has 3 aliphatic heterocycles. The fraction of sp³-hybridized carbons (Fsp3) is 0.391. The fourth-order valence-corrected chi connectivity index (χ4v) is 6.03. The van der Waals surface area contributed by atoms with Crippen LogP contribution in [0.25, 0.3) is 0 Å². The second-order valence-corrected chi connectivity index (χ2v) is 11.0. The van der Waals surface area contributed by atoms with Crippen LogP contribution in [0.1, 0.15) is 24.0 Å². The number of alkyl halides is 5. The lowest BCUT2D eigenvalue weighted by Crippen LogP contribution is -2.50. The van der Waals surface area contributed by atoms with Crippen molar-refractivity contribution in [3.8, 4) is 17.2 Å². The molecule has 0 aromatic heterocycles. The Hall–Kier alpha value is -3.46. The van der Waals surface area contributed by atoms with Crippen LogP contribution >= 0.6 is 0 Å². The van der Waals surface area contributed by atoms with Gasteiger partial charge in [0.2, 0.25) is 10.0 Å². The van der Waals surface area contributed by atoms with Gasteiger partial charge in [0.25, 0.3) is 5.91 Å². The monoisotopic (exact) mass is 561 g/mol. The first-order valence-corrected chi connectivity index (χ1v) is 13.0. The summed E-state index contributed by atoms with van der Waals surface area (Å²) in [5.74, 6) is -1.67. The molecular weight excluding hydrogens is 541 g/mol. The number of hydrogen-bond acceptors (Lipinski definition) is 7. The van der Waals surface area contributed by atoms with Gasteiger partial charge in [0, 0.05) is 18.7 Å². The Balaban J connectivity index is 1.25. The zero-order valence-electron chi connectivity index (χ0n) is 19.4. The molecular formula is C23H20F5N3O6S. The van der Waals surface area contributed by atoms with E-state index in [2.05, 4.69) is 24.5 Å². The first kappa shape index (κ1) is 26.2. The van der Waals surface area contributed by atoms with Crippen molar-refractivity contribution in [1.29, 1.82) is 0 Å². The fourth-order valence-electron chi connectivity index (χ4n) is 4.56. The van der Waals surface area contributed by atoms with Gasteiger partial charge < -0.3 is 19.5 Å². The van der Waals surface area contributed by atoms with Gasteiger partial charge in [-0.25, -0.2) is 12.7 Å². The van der Waals surface area contributed by atoms with Crippen molar-refractivity contribution in [2.45, 2.75) is 37.5 Å². The van der Waals surface area contributed by atoms with E-state index in [0.717, 1.165) is 12.1 Å². The van der Waals surface area contributed by atoms with Gasteiger partial charge in [-0.1, -0.05) is 24.3 Å². The lowest BCUT2D eigenvalue weighted by Gasteiger charge is -2.34. The number of amides is 1. The molecule has 0 atom stereocenters. The molecule has 38 heavy (non-hydrogen) atoms. The minimum Gasteiger partial charge on any atom is -0.406 e. The van der Waals surface area contributed by atoms with Gasteiger partial charge in [-0.3, -0.25) is 9.79 Å². The maximum Gasteiger partial charge on any atom is 0.586 e. The minimum absolute atomic E-state index is 0.0334. The molecule has 1 amide bonds. The van der Waals surface area contributed by atoms with Gasteiger partial charge in [0.05, 0.1) is 5.75 Å². The number of fused-ring (bicyclic) bond motifs is 1. The number of aryl methyl sites for hydroxylation is 1. The Bertz CT molecular complexity index is 1400. The number of sulfonamides is 1. The number of nitrogens with zero attached hydrogens (tertiary/aromatic N) is 2. The Morgan fingerprint density at radius 3 is 2.50 bits per heavy atom. The molecule has 0 bridgehead atoms. The first-order chi connectivity index (χ1) is 17.8. The van der Waals surface area contributed by atoms with Crippen molar-refractivity contribution in [1.82, 2.24) is 9.62 Å². The number of carbonyl (C=O) groups excluding carboxylic acids is 1. The van der Waals surface area contributed by atoms with Crippen LogP contribution in [0, 0.1) is 0 Å². The Morgan fingerprint density at radius 2 is 1.79 bits per heavy atom. The topological polar surface area (TPSA) is 107 Å². The predicted octanol–water partition coefficient (Wildman–Crippen LogP) is 3.19. The second kappa shape index (κ2) is 9.08. The van der Waals surface area contributed by atoms with E-state index < -0.39 is 45.6 Å². The molecule has 3 aliphatic rings. The first-order valence-electron chi connectivity index (χ1n) is 11.4. The van der Waals surface area contributed by atoms with Crippen LogP contribution in [-0.4, -0.2) is 61.5 Å². The quantitative estimate of drug-likeness (QED) is 0.544. The lowest BCUT2D eigenvalue weighted by molar-refractivity contribution is -0.287. The molecule has 0 radical (unpaired) electrons. The third-order valence-electron chi connectivity index (χ3n) is 6.40. The number of hydrogen-bond donors (Lipinski definition) is 1. The molecule has 0 aliphatic carbocycles. The number of aliphatic imine (C=N–C) groups is 1. The summed E-state index contributed by atoms with van der Waals surface area (Å²) >= 11 is 0. The molecule has 0 saturated carbocycles. The summed E-state index contributed by atoms with van der Waals surface area (Å²) in [6, 6.07) is 9.21. The normalized spacial score (nSPS) is 20.3. The van der Waals surface area contributed by atoms with Crippen LogP contribution in [-0.2, 0) is 21.2 Å². The maximum atomic E-state index is 13.4. The Labute approximate surface area is 213 Å². The highest BCUT2D eigenvalue weighted by Crippen LogP contribution is 2.43. The second-order valence-electron chi connectivity index (χ2n) is 8.90. The van der Waals surface area contributed by atoms with E-state index in [4.69, 9.17) is 0 Å². The number of para-hydroxylation sites is 1. The molecule has 1 spiro atoms. The number of ether oxygens (including phenoxy) is 3. The zero-order chi connectivity index (χ0) is 27.3. The van der Waals surface area contributed by atoms with Gasteiger partial charge in [-0.15, -0.1) is 22.0 Å². The summed E-state index contributed by atoms with van der Waals surface area (Å²) in [5, 5.41) is 2.57. The summed E-state index contributed by atoms with van der Waals surface area (Å²) in [6.45, 7) is -0.0668. The predicted molar refractivity (Wildman–Crippen MR) is 121 cm³/mol. The standard InChI is InChI=1S/C23H20F5N3O6S/c24-22(25,26)35-16-5-1-4-15(13-16)19-29-20(32)21(30-19)8-10-31(11-9-21)38(33,34)12-7-14-3-2-6-17-18(14)37-23(27,28)36-17/h1-6,13H,7-12H2,(H,29,30,32). The molecule has 0 unspecified atom stereocenters. The van der Waals surface area contributed by atoms with Gasteiger partial charge in [0.15, 0.2) is 11.5 Å². The van der Waals surface area contributed by atoms with Crippen LogP contribution in [0.4, 0.5) is 22.0 Å². The smallest absolute Gasteiger partial charge is 0.406 e. The van der Waals surface area contributed by atoms with Crippen molar-refractivity contribution < 1.29 is 49.4 Å². The molecule has 1 fully saturated rings. The van der Waals surface area contributed by atoms with E-state index in [-0.39, 0.29) is 60.8 Å². The van der Waals surface area contributed by atoms with Gasteiger partial charge in [0.1, 0.15) is 17.1 Å². The van der Waals surface area contributed by atoms with Gasteiger partial charge in [-0.2, -0.15) is 0 Å². The summed E-state index contributed by atoms with van der Waals surface area (Å²) in [4.78, 5) is 17.2. The molecule has 5 rings (SSSR count). The van der Waals surface area contributed by atoms with Crippen LogP contribution in [0.15, 0.2) is 47.5 Å². The van der Waals surface area contributed by atoms with Crippen LogP contribution in [0.2, 0.25) is 0 Å². The molecule has 204 valence electrons. The highest BCUT2D eigenvalue weighted by molar-refractivity contribution is 7.89. The summed E-state index contributed by atoms with van der Waals surface area (Å²) in [7, 11) is -3.83. The van der Waals surface area contributed by atoms with E-state index in [0.29, 0.717) is 0 Å². The molecule has 2 aromatic carbocycles. The maximum absolute atomic E-state index is 13.4. The third-order valence-corrected chi connectivity index (χ3v) is 8.28. The minimum atomic E-state index is -4.88. The van der Waals surface area contributed by atoms with Gasteiger partial charge >= 0.3 is 12.7 Å². The largest absolute Gasteiger partial charge is 0.586 e. The van der Waals surface area contributed by atoms with Gasteiger partial charge in [-0.05, 0) is 43.0 Å². The average Bonchev–Trinajstić information content (AvgIpc) is 3.32. The van der Waals surface area contributed by atoms with Crippen molar-refractivity contribution >= 4 is 21.8 Å². The number of carbonyl (C=O) groups is 1. The number of halogens is 5. The number of rotatable bonds is 6. The SMILES string of the molecule is O=C1NC(c2cccc(OC(F)(F)F)c2)=NC12CCN(S(=O)(=O)CCc1cccc3c1OC(F)(F)O3)CC2. The van der Waals surface area contributed by atoms with E-state index in [1.165, 1.54) is 34.6 Å². The molecule has 2 aromatic rings. The molecule has 9 nitrogen and oxygen atoms in total. The highest BCUT2D eigenvalue weighted by Gasteiger charge is 2.48. The van der Waals surface area contributed by atoms with Crippen LogP contribution < -0.4 is 19.5 Å². The van der Waals surface area contributed by atoms with Crippen LogP contribution in [0.3, 0.4) is 0 Å². The van der Waals surface area contributed by atoms with Crippen molar-refractivity contribution in [3.05, 3.63) is 53.6 Å². The van der Waals surface area contributed by atoms with E-state index in [1.54, 1.807) is 0 Å². The van der Waals surface area contributed by atoms with E-state index in [1.807, 2.05) is 0 Å². The third kappa shape index (κ3) is 5.25. The van der Waals surface area contributed by atoms with E-state index >= 15 is 0 Å². The van der Waals surface area contributed by atoms with Crippen molar-refractivity contribution in [2.24, 2.45) is 4.99 Å². The molecule has 15 heteroatoms. The number of amidine groups is 1. The number of piperidine rings is 1. The highest BCUT2D eigenvalue weighted by atomic mass is 32.2. The molecule has 3 heterocycles. The van der Waals surface area contributed by atoms with Crippen molar-refractivity contribution in [3.63, 3.8) is 0 Å². The molecule has 1 N–H and O–H groups in total. The molecule has 1 saturated heterocycles. The average molecular weight is 561 g/mol. The summed E-state index contributed by atoms with van der Waals surface area (Å²) in [5.41, 5.74) is -0.809. The Morgan fingerprint density at radius 1 is 1.08 bits per heavy atom. The number of nitrogens with one attached hydrogen (secondary N) is 1. The number of benzene rings is 2. The van der Waals surface area contributed by atoms with E-state index in [9.17, 15) is 35.2 Å². The van der Waals surface area contributed by atoms with Crippen LogP contribution in [0.5, 0.6) is 17.2 Å². The Kier molecular flexibility index (Phi) is 6.25. The van der Waals surface area contributed by atoms with Crippen molar-refractivity contribution in [2.75, 3.05) is 18.8 Å².